The van der Waals surface area contributed by atoms with Crippen molar-refractivity contribution < 1.29 is 0 Å². The molecule has 2 aromatic heterocycles. The Kier molecular flexibility index (Phi) is 2.68. The van der Waals surface area contributed by atoms with Crippen LogP contribution in [-0.4, -0.2) is 20.1 Å². The molecule has 0 saturated heterocycles. The monoisotopic (exact) mass is 218 g/mol. The van der Waals surface area contributed by atoms with Gasteiger partial charge in [0.05, 0.1) is 0 Å². The first kappa shape index (κ1) is 11.1. The van der Waals surface area contributed by atoms with E-state index in [9.17, 15) is 0 Å². The summed E-state index contributed by atoms with van der Waals surface area (Å²) in [6, 6.07) is 5.99. The molecule has 2 heterocycles. The fourth-order valence-corrected chi connectivity index (χ4v) is 1.62. The fourth-order valence-electron chi connectivity index (χ4n) is 1.62. The van der Waals surface area contributed by atoms with Crippen molar-refractivity contribution in [1.29, 1.82) is 0 Å². The zero-order valence-corrected chi connectivity index (χ0v) is 10.1. The van der Waals surface area contributed by atoms with Gasteiger partial charge >= 0.3 is 0 Å². The van der Waals surface area contributed by atoms with Crippen LogP contribution in [0.5, 0.6) is 0 Å². The highest BCUT2D eigenvalue weighted by Crippen LogP contribution is 2.10. The first-order valence-corrected chi connectivity index (χ1v) is 5.56. The number of fused-ring (bicyclic) bond motifs is 1. The molecule has 2 N–H and O–H groups in total. The Morgan fingerprint density at radius 1 is 1.38 bits per heavy atom. The molecule has 2 aromatic rings. The Labute approximate surface area is 95.5 Å². The van der Waals surface area contributed by atoms with Crippen LogP contribution < -0.4 is 5.73 Å². The number of hydrogen-bond donors (Lipinski definition) is 1. The zero-order valence-electron chi connectivity index (χ0n) is 10.1. The maximum atomic E-state index is 5.95. The van der Waals surface area contributed by atoms with Gasteiger partial charge in [-0.1, -0.05) is 6.07 Å². The van der Waals surface area contributed by atoms with Gasteiger partial charge in [0, 0.05) is 17.7 Å². The molecule has 0 saturated carbocycles. The van der Waals surface area contributed by atoms with Crippen LogP contribution >= 0.6 is 0 Å². The zero-order chi connectivity index (χ0) is 11.8. The summed E-state index contributed by atoms with van der Waals surface area (Å²) in [7, 11) is 0. The summed E-state index contributed by atoms with van der Waals surface area (Å²) in [6.07, 6.45) is 1.72. The quantitative estimate of drug-likeness (QED) is 0.853. The second-order valence-corrected chi connectivity index (χ2v) is 4.95. The molecular weight excluding hydrogens is 200 g/mol. The van der Waals surface area contributed by atoms with Crippen LogP contribution in [0, 0.1) is 6.92 Å². The van der Waals surface area contributed by atoms with Gasteiger partial charge in [0.25, 0.3) is 0 Å². The Balaban J connectivity index is 2.24. The van der Waals surface area contributed by atoms with Gasteiger partial charge in [-0.15, -0.1) is 0 Å². The second kappa shape index (κ2) is 3.87. The van der Waals surface area contributed by atoms with E-state index in [1.54, 1.807) is 0 Å². The average molecular weight is 218 g/mol. The molecule has 0 aliphatic rings. The van der Waals surface area contributed by atoms with Gasteiger partial charge in [0.1, 0.15) is 0 Å². The molecule has 4 nitrogen and oxygen atoms in total. The Morgan fingerprint density at radius 3 is 2.75 bits per heavy atom. The van der Waals surface area contributed by atoms with E-state index in [4.69, 9.17) is 5.73 Å². The van der Waals surface area contributed by atoms with Gasteiger partial charge in [-0.05, 0) is 39.3 Å². The average Bonchev–Trinajstić information content (AvgIpc) is 2.58. The number of nitrogens with two attached hydrogens (primary N) is 1. The molecule has 0 aliphatic carbocycles. The first-order valence-electron chi connectivity index (χ1n) is 5.56. The number of hydrogen-bond acceptors (Lipinski definition) is 3. The molecule has 0 aromatic carbocycles. The lowest BCUT2D eigenvalue weighted by molar-refractivity contribution is 0.471. The minimum atomic E-state index is -0.160. The van der Waals surface area contributed by atoms with E-state index >= 15 is 0 Å². The third-order valence-electron chi connectivity index (χ3n) is 2.59. The van der Waals surface area contributed by atoms with E-state index in [0.717, 1.165) is 30.0 Å². The Bertz CT molecular complexity index is 493. The topological polar surface area (TPSA) is 56.2 Å². The van der Waals surface area contributed by atoms with Crippen molar-refractivity contribution in [2.24, 2.45) is 5.73 Å². The molecule has 0 amide bonds. The van der Waals surface area contributed by atoms with Crippen molar-refractivity contribution in [2.45, 2.75) is 39.2 Å². The predicted octanol–water partition coefficient (Wildman–Crippen LogP) is 1.71. The number of pyridine rings is 1. The van der Waals surface area contributed by atoms with E-state index in [1.807, 2.05) is 43.5 Å². The highest BCUT2D eigenvalue weighted by atomic mass is 15.3. The van der Waals surface area contributed by atoms with Crippen molar-refractivity contribution in [2.75, 3.05) is 0 Å². The van der Waals surface area contributed by atoms with Gasteiger partial charge in [0.15, 0.2) is 11.5 Å². The van der Waals surface area contributed by atoms with Crippen molar-refractivity contribution in [3.8, 4) is 0 Å². The van der Waals surface area contributed by atoms with E-state index < -0.39 is 0 Å². The second-order valence-electron chi connectivity index (χ2n) is 4.95. The van der Waals surface area contributed by atoms with Crippen LogP contribution in [0.1, 0.15) is 31.8 Å². The maximum absolute atomic E-state index is 5.95. The first-order chi connectivity index (χ1) is 7.46. The number of nitrogens with zero attached hydrogens (tertiary/aromatic N) is 3. The largest absolute Gasteiger partial charge is 0.326 e. The molecule has 0 radical (unpaired) electrons. The fraction of sp³-hybridized carbons (Fsp3) is 0.500. The van der Waals surface area contributed by atoms with Gasteiger partial charge in [-0.2, -0.15) is 5.10 Å². The molecule has 0 unspecified atom stereocenters. The van der Waals surface area contributed by atoms with Crippen LogP contribution in [0.4, 0.5) is 0 Å². The van der Waals surface area contributed by atoms with Crippen molar-refractivity contribution in [1.82, 2.24) is 14.6 Å². The van der Waals surface area contributed by atoms with Crippen molar-refractivity contribution in [3.05, 3.63) is 29.7 Å². The van der Waals surface area contributed by atoms with Crippen LogP contribution in [0.15, 0.2) is 18.2 Å². The molecule has 0 bridgehead atoms. The summed E-state index contributed by atoms with van der Waals surface area (Å²) in [4.78, 5) is 4.47. The summed E-state index contributed by atoms with van der Waals surface area (Å²) in [5.41, 5.74) is 7.79. The normalized spacial score (nSPS) is 12.2. The van der Waals surface area contributed by atoms with Gasteiger partial charge in [-0.3, -0.25) is 0 Å². The highest BCUT2D eigenvalue weighted by Gasteiger charge is 2.13. The summed E-state index contributed by atoms with van der Waals surface area (Å²) in [6.45, 7) is 6.07. The molecule has 0 fully saturated rings. The number of rotatable bonds is 3. The molecule has 4 heteroatoms. The smallest absolute Gasteiger partial charge is 0.155 e. The number of aromatic nitrogens is 3. The molecular formula is C12H18N4. The van der Waals surface area contributed by atoms with E-state index in [-0.39, 0.29) is 5.54 Å². The molecule has 0 aliphatic heterocycles. The highest BCUT2D eigenvalue weighted by molar-refractivity contribution is 5.38. The molecule has 16 heavy (non-hydrogen) atoms. The standard InChI is InChI=1S/C12H18N4/c1-9-5-4-6-11-14-10(15-16(9)11)7-8-12(2,3)13/h4-6H,7-8,13H2,1-3H3. The molecule has 86 valence electrons. The summed E-state index contributed by atoms with van der Waals surface area (Å²) < 4.78 is 1.87. The Morgan fingerprint density at radius 2 is 2.12 bits per heavy atom. The van der Waals surface area contributed by atoms with Crippen LogP contribution in [0.3, 0.4) is 0 Å². The van der Waals surface area contributed by atoms with E-state index in [0.29, 0.717) is 0 Å². The van der Waals surface area contributed by atoms with Gasteiger partial charge in [-0.25, -0.2) is 9.50 Å². The number of aryl methyl sites for hydroxylation is 2. The molecule has 0 spiro atoms. The van der Waals surface area contributed by atoms with Gasteiger partial charge < -0.3 is 5.73 Å². The molecule has 2 rings (SSSR count). The molecule has 0 atom stereocenters. The van der Waals surface area contributed by atoms with Crippen LogP contribution in [0.25, 0.3) is 5.65 Å². The summed E-state index contributed by atoms with van der Waals surface area (Å²) >= 11 is 0. The third kappa shape index (κ3) is 2.39. The van der Waals surface area contributed by atoms with E-state index in [1.165, 1.54) is 0 Å². The Hall–Kier alpha value is -1.42. The third-order valence-corrected chi connectivity index (χ3v) is 2.59. The minimum Gasteiger partial charge on any atom is -0.326 e. The lowest BCUT2D eigenvalue weighted by Gasteiger charge is -2.16. The SMILES string of the molecule is Cc1cccc2nc(CCC(C)(C)N)nn12. The van der Waals surface area contributed by atoms with Crippen molar-refractivity contribution >= 4 is 5.65 Å². The minimum absolute atomic E-state index is 0.160. The summed E-state index contributed by atoms with van der Waals surface area (Å²) in [5, 5.41) is 4.47. The summed E-state index contributed by atoms with van der Waals surface area (Å²) in [5.74, 6) is 0.868. The van der Waals surface area contributed by atoms with E-state index in [2.05, 4.69) is 10.1 Å². The predicted molar refractivity (Wildman–Crippen MR) is 64.3 cm³/mol. The maximum Gasteiger partial charge on any atom is 0.155 e. The lowest BCUT2D eigenvalue weighted by Crippen LogP contribution is -2.32. The van der Waals surface area contributed by atoms with Crippen molar-refractivity contribution in [3.63, 3.8) is 0 Å². The van der Waals surface area contributed by atoms with Gasteiger partial charge in [0.2, 0.25) is 0 Å². The van der Waals surface area contributed by atoms with Crippen LogP contribution in [-0.2, 0) is 6.42 Å². The lowest BCUT2D eigenvalue weighted by atomic mass is 10.0. The van der Waals surface area contributed by atoms with Crippen LogP contribution in [0.2, 0.25) is 0 Å².